The third-order valence-electron chi connectivity index (χ3n) is 11.6. The number of unbranched alkanes of at least 4 members (excludes halogenated alkanes) is 21. The van der Waals surface area contributed by atoms with E-state index in [2.05, 4.69) is 62.5 Å². The zero-order chi connectivity index (χ0) is 48.4. The molecule has 382 valence electrons. The molecule has 1 aliphatic rings. The summed E-state index contributed by atoms with van der Waals surface area (Å²) in [5, 5.41) is 31.0. The van der Waals surface area contributed by atoms with Crippen LogP contribution >= 0.6 is 0 Å². The van der Waals surface area contributed by atoms with E-state index in [1.807, 2.05) is 12.2 Å². The van der Waals surface area contributed by atoms with Crippen molar-refractivity contribution in [1.29, 1.82) is 0 Å². The van der Waals surface area contributed by atoms with Gasteiger partial charge in [0, 0.05) is 12.8 Å². The van der Waals surface area contributed by atoms with Gasteiger partial charge in [-0.2, -0.15) is 8.42 Å². The van der Waals surface area contributed by atoms with Gasteiger partial charge in [0.1, 0.15) is 36.8 Å². The lowest BCUT2D eigenvalue weighted by Crippen LogP contribution is -2.60. The maximum absolute atomic E-state index is 12.8. The summed E-state index contributed by atoms with van der Waals surface area (Å²) in [6.45, 7) is 3.63. The van der Waals surface area contributed by atoms with E-state index >= 15 is 0 Å². The minimum Gasteiger partial charge on any atom is -0.462 e. The Balaban J connectivity index is 2.39. The van der Waals surface area contributed by atoms with Crippen LogP contribution in [0.4, 0.5) is 0 Å². The van der Waals surface area contributed by atoms with Crippen molar-refractivity contribution in [1.82, 2.24) is 0 Å². The van der Waals surface area contributed by atoms with Crippen LogP contribution < -0.4 is 0 Å². The van der Waals surface area contributed by atoms with Gasteiger partial charge in [0.2, 0.25) is 0 Å². The van der Waals surface area contributed by atoms with Crippen LogP contribution in [0.15, 0.2) is 60.8 Å². The van der Waals surface area contributed by atoms with Crippen molar-refractivity contribution < 1.29 is 56.8 Å². The summed E-state index contributed by atoms with van der Waals surface area (Å²) in [4.78, 5) is 25.5. The van der Waals surface area contributed by atoms with Crippen molar-refractivity contribution in [2.75, 3.05) is 19.0 Å². The number of carbonyl (C=O) groups excluding carboxylic acids is 2. The molecule has 1 saturated heterocycles. The van der Waals surface area contributed by atoms with Gasteiger partial charge in [0.15, 0.2) is 12.4 Å². The van der Waals surface area contributed by atoms with Crippen LogP contribution in [0.25, 0.3) is 0 Å². The van der Waals surface area contributed by atoms with Gasteiger partial charge >= 0.3 is 11.9 Å². The smallest absolute Gasteiger partial charge is 0.306 e. The van der Waals surface area contributed by atoms with Gasteiger partial charge in [-0.1, -0.05) is 203 Å². The maximum atomic E-state index is 12.8. The van der Waals surface area contributed by atoms with Crippen LogP contribution in [0, 0.1) is 0 Å². The number of carbonyl (C=O) groups is 2. The van der Waals surface area contributed by atoms with Gasteiger partial charge in [-0.25, -0.2) is 0 Å². The number of hydrogen-bond acceptors (Lipinski definition) is 11. The average molecular weight is 953 g/mol. The number of aliphatic hydroxyl groups excluding tert-OH is 3. The Kier molecular flexibility index (Phi) is 39.5. The molecule has 0 bridgehead atoms. The largest absolute Gasteiger partial charge is 0.462 e. The minimum atomic E-state index is -4.61. The molecule has 0 aromatic heterocycles. The number of aliphatic hydroxyl groups is 3. The lowest BCUT2D eigenvalue weighted by atomic mass is 10.00. The lowest BCUT2D eigenvalue weighted by molar-refractivity contribution is -0.297. The van der Waals surface area contributed by atoms with Crippen LogP contribution in [0.3, 0.4) is 0 Å². The topological polar surface area (TPSA) is 186 Å². The zero-order valence-electron chi connectivity index (χ0n) is 41.0. The third kappa shape index (κ3) is 36.4. The number of hydrogen-bond donors (Lipinski definition) is 4. The molecule has 0 aromatic carbocycles. The SMILES string of the molecule is CC/C=C/C/C=C/C/C=C/C/C=C/C/C=C/CCCC(=O)O[C@H](COC(=O)CCCCCCCCCCCCCCCCCCCCCCC)CO[C@H]1O[C@H](CS(=O)(=O)O)[C@@H](O)C(O)C1O. The summed E-state index contributed by atoms with van der Waals surface area (Å²) in [7, 11) is -4.61. The molecule has 1 heterocycles. The maximum Gasteiger partial charge on any atom is 0.306 e. The Morgan fingerprint density at radius 2 is 0.955 bits per heavy atom. The fraction of sp³-hybridized carbons (Fsp3) is 0.774. The summed E-state index contributed by atoms with van der Waals surface area (Å²) in [5.74, 6) is -2.06. The molecule has 0 radical (unpaired) electrons. The van der Waals surface area contributed by atoms with Gasteiger partial charge in [0.25, 0.3) is 10.1 Å². The Hall–Kier alpha value is -2.65. The van der Waals surface area contributed by atoms with Crippen molar-refractivity contribution in [2.24, 2.45) is 0 Å². The number of esters is 2. The Morgan fingerprint density at radius 3 is 1.41 bits per heavy atom. The van der Waals surface area contributed by atoms with E-state index in [1.54, 1.807) is 0 Å². The predicted octanol–water partition coefficient (Wildman–Crippen LogP) is 11.7. The van der Waals surface area contributed by atoms with Gasteiger partial charge in [-0.05, 0) is 51.4 Å². The Morgan fingerprint density at radius 1 is 0.530 bits per heavy atom. The van der Waals surface area contributed by atoms with E-state index < -0.39 is 71.2 Å². The van der Waals surface area contributed by atoms with Gasteiger partial charge in [0.05, 0.1) is 6.61 Å². The number of rotatable bonds is 43. The van der Waals surface area contributed by atoms with E-state index in [-0.39, 0.29) is 19.4 Å². The highest BCUT2D eigenvalue weighted by Gasteiger charge is 2.46. The van der Waals surface area contributed by atoms with Crippen molar-refractivity contribution >= 4 is 22.1 Å². The fourth-order valence-corrected chi connectivity index (χ4v) is 8.35. The molecule has 4 N–H and O–H groups in total. The molecular formula is C53H92O12S. The van der Waals surface area contributed by atoms with E-state index in [0.29, 0.717) is 19.3 Å². The Bertz CT molecular complexity index is 1440. The molecule has 0 saturated carbocycles. The molecule has 0 spiro atoms. The molecule has 1 aliphatic heterocycles. The fourth-order valence-electron chi connectivity index (χ4n) is 7.65. The van der Waals surface area contributed by atoms with Crippen molar-refractivity contribution in [3.8, 4) is 0 Å². The molecule has 1 fully saturated rings. The third-order valence-corrected chi connectivity index (χ3v) is 12.4. The second kappa shape index (κ2) is 42.5. The summed E-state index contributed by atoms with van der Waals surface area (Å²) < 4.78 is 54.2. The van der Waals surface area contributed by atoms with E-state index in [9.17, 15) is 37.9 Å². The number of ether oxygens (including phenoxy) is 4. The first-order valence-electron chi connectivity index (χ1n) is 25.8. The van der Waals surface area contributed by atoms with Crippen LogP contribution in [-0.2, 0) is 38.7 Å². The monoisotopic (exact) mass is 953 g/mol. The van der Waals surface area contributed by atoms with Crippen LogP contribution in [0.5, 0.6) is 0 Å². The standard InChI is InChI=1S/C53H92O12S/c1-3-5-7-9-11-13-15-17-19-21-22-23-24-26-27-29-31-33-35-37-39-41-48(54)62-43-46(44-63-53-52(58)51(57)50(56)47(65-53)45-66(59,60)61)64-49(55)42-40-38-36-34-32-30-28-25-20-18-16-14-12-10-8-6-4-2/h6,8,12,14,18,20,28,30,34,36,46-47,50-53,56-58H,3-5,7,9-11,13,15-17,19,21-27,29,31-33,35,37-45H2,1-2H3,(H,59,60,61)/b8-6+,14-12+,20-18+,30-28+,36-34+/t46-,47-,50-,51?,52?,53+/m1/s1. The van der Waals surface area contributed by atoms with Crippen LogP contribution in [0.1, 0.15) is 206 Å². The van der Waals surface area contributed by atoms with Crippen molar-refractivity contribution in [2.45, 2.75) is 243 Å². The summed E-state index contributed by atoms with van der Waals surface area (Å²) in [6.07, 6.45) is 44.2. The highest BCUT2D eigenvalue weighted by Crippen LogP contribution is 2.24. The highest BCUT2D eigenvalue weighted by atomic mass is 32.2. The molecule has 0 aliphatic carbocycles. The Labute approximate surface area is 400 Å². The molecule has 6 atom stereocenters. The lowest BCUT2D eigenvalue weighted by Gasteiger charge is -2.40. The first-order chi connectivity index (χ1) is 32.0. The molecular weight excluding hydrogens is 861 g/mol. The second-order valence-electron chi connectivity index (χ2n) is 17.8. The summed E-state index contributed by atoms with van der Waals surface area (Å²) in [5.41, 5.74) is 0. The molecule has 2 unspecified atom stereocenters. The average Bonchev–Trinajstić information content (AvgIpc) is 3.28. The second-order valence-corrected chi connectivity index (χ2v) is 19.3. The van der Waals surface area contributed by atoms with Crippen molar-refractivity contribution in [3.05, 3.63) is 60.8 Å². The van der Waals surface area contributed by atoms with E-state index in [1.165, 1.54) is 109 Å². The number of allylic oxidation sites excluding steroid dienone is 10. The summed E-state index contributed by atoms with van der Waals surface area (Å²) >= 11 is 0. The van der Waals surface area contributed by atoms with Gasteiger partial charge in [-0.3, -0.25) is 14.1 Å². The molecule has 1 rings (SSSR count). The molecule has 0 amide bonds. The molecule has 13 heteroatoms. The first-order valence-corrected chi connectivity index (χ1v) is 27.5. The molecule has 66 heavy (non-hydrogen) atoms. The van der Waals surface area contributed by atoms with E-state index in [0.717, 1.165) is 51.4 Å². The van der Waals surface area contributed by atoms with Gasteiger partial charge < -0.3 is 34.3 Å². The van der Waals surface area contributed by atoms with Crippen molar-refractivity contribution in [3.63, 3.8) is 0 Å². The quantitative estimate of drug-likeness (QED) is 0.0196. The normalized spacial score (nSPS) is 19.9. The van der Waals surface area contributed by atoms with E-state index in [4.69, 9.17) is 18.9 Å². The minimum absolute atomic E-state index is 0.0854. The predicted molar refractivity (Wildman–Crippen MR) is 265 cm³/mol. The first kappa shape index (κ1) is 61.4. The van der Waals surface area contributed by atoms with Crippen LogP contribution in [-0.4, -0.2) is 96.0 Å². The van der Waals surface area contributed by atoms with Crippen LogP contribution in [0.2, 0.25) is 0 Å². The van der Waals surface area contributed by atoms with Gasteiger partial charge in [-0.15, -0.1) is 0 Å². The zero-order valence-corrected chi connectivity index (χ0v) is 41.9. The highest BCUT2D eigenvalue weighted by molar-refractivity contribution is 7.85. The molecule has 0 aromatic rings. The molecule has 12 nitrogen and oxygen atoms in total. The summed E-state index contributed by atoms with van der Waals surface area (Å²) in [6, 6.07) is 0.